The fourth-order valence-electron chi connectivity index (χ4n) is 1.66. The average molecular weight is 245 g/mol. The van der Waals surface area contributed by atoms with Crippen LogP contribution in [0.15, 0.2) is 30.5 Å². The Kier molecular flexibility index (Phi) is 3.55. The molecule has 18 heavy (non-hydrogen) atoms. The van der Waals surface area contributed by atoms with Gasteiger partial charge in [0.1, 0.15) is 12.4 Å². The molecule has 0 radical (unpaired) electrons. The van der Waals surface area contributed by atoms with Crippen molar-refractivity contribution >= 4 is 5.69 Å². The molecular formula is C14H19N3O. The first-order chi connectivity index (χ1) is 8.56. The van der Waals surface area contributed by atoms with E-state index in [0.29, 0.717) is 24.1 Å². The molecule has 0 saturated heterocycles. The molecule has 0 spiro atoms. The van der Waals surface area contributed by atoms with Crippen molar-refractivity contribution in [2.24, 2.45) is 0 Å². The first-order valence-corrected chi connectivity index (χ1v) is 6.09. The van der Waals surface area contributed by atoms with Crippen molar-refractivity contribution in [1.29, 1.82) is 0 Å². The van der Waals surface area contributed by atoms with E-state index in [4.69, 9.17) is 10.5 Å². The highest BCUT2D eigenvalue weighted by Crippen LogP contribution is 2.23. The molecule has 2 aromatic rings. The number of hydrogen-bond acceptors (Lipinski definition) is 3. The summed E-state index contributed by atoms with van der Waals surface area (Å²) in [5.41, 5.74) is 8.55. The van der Waals surface area contributed by atoms with Gasteiger partial charge in [-0.25, -0.2) is 0 Å². The monoisotopic (exact) mass is 245 g/mol. The fraction of sp³-hybridized carbons (Fsp3) is 0.357. The molecule has 1 aromatic carbocycles. The third-order valence-electron chi connectivity index (χ3n) is 2.74. The first kappa shape index (κ1) is 12.5. The smallest absolute Gasteiger partial charge is 0.143 e. The van der Waals surface area contributed by atoms with Crippen LogP contribution in [0.1, 0.15) is 31.1 Å². The SMILES string of the molecule is Cc1ccc(N)c(OCc2ccn(C(C)C)n2)c1. The average Bonchev–Trinajstić information content (AvgIpc) is 2.79. The number of anilines is 1. The van der Waals surface area contributed by atoms with Crippen molar-refractivity contribution in [3.8, 4) is 5.75 Å². The van der Waals surface area contributed by atoms with Gasteiger partial charge < -0.3 is 10.5 Å². The summed E-state index contributed by atoms with van der Waals surface area (Å²) in [5, 5.41) is 4.43. The lowest BCUT2D eigenvalue weighted by Crippen LogP contribution is -2.04. The maximum Gasteiger partial charge on any atom is 0.143 e. The minimum absolute atomic E-state index is 0.364. The molecule has 2 N–H and O–H groups in total. The van der Waals surface area contributed by atoms with Gasteiger partial charge >= 0.3 is 0 Å². The van der Waals surface area contributed by atoms with E-state index in [1.807, 2.05) is 42.1 Å². The highest BCUT2D eigenvalue weighted by Gasteiger charge is 2.05. The third kappa shape index (κ3) is 2.83. The standard InChI is InChI=1S/C14H19N3O/c1-10(2)17-7-6-12(16-17)9-18-14-8-11(3)4-5-13(14)15/h4-8,10H,9,15H2,1-3H3. The Balaban J connectivity index is 2.04. The van der Waals surface area contributed by atoms with Crippen molar-refractivity contribution in [2.45, 2.75) is 33.4 Å². The number of hydrogen-bond donors (Lipinski definition) is 1. The second kappa shape index (κ2) is 5.12. The molecule has 0 saturated carbocycles. The quantitative estimate of drug-likeness (QED) is 0.843. The third-order valence-corrected chi connectivity index (χ3v) is 2.74. The van der Waals surface area contributed by atoms with E-state index in [1.165, 1.54) is 0 Å². The molecule has 0 fully saturated rings. The highest BCUT2D eigenvalue weighted by molar-refractivity contribution is 5.53. The Morgan fingerprint density at radius 1 is 1.33 bits per heavy atom. The zero-order chi connectivity index (χ0) is 13.1. The molecule has 0 atom stereocenters. The fourth-order valence-corrected chi connectivity index (χ4v) is 1.66. The molecule has 0 aliphatic heterocycles. The predicted octanol–water partition coefficient (Wildman–Crippen LogP) is 2.93. The van der Waals surface area contributed by atoms with Crippen molar-refractivity contribution in [3.63, 3.8) is 0 Å². The van der Waals surface area contributed by atoms with Gasteiger partial charge in [0.2, 0.25) is 0 Å². The van der Waals surface area contributed by atoms with Gasteiger partial charge in [-0.1, -0.05) is 6.07 Å². The molecule has 0 amide bonds. The van der Waals surface area contributed by atoms with Crippen LogP contribution in [-0.2, 0) is 6.61 Å². The number of aromatic nitrogens is 2. The van der Waals surface area contributed by atoms with Gasteiger partial charge in [0.25, 0.3) is 0 Å². The second-order valence-electron chi connectivity index (χ2n) is 4.71. The summed E-state index contributed by atoms with van der Waals surface area (Å²) in [5.74, 6) is 0.717. The Morgan fingerprint density at radius 3 is 2.78 bits per heavy atom. The first-order valence-electron chi connectivity index (χ1n) is 6.09. The van der Waals surface area contributed by atoms with Crippen molar-refractivity contribution < 1.29 is 4.74 Å². The maximum atomic E-state index is 5.86. The minimum Gasteiger partial charge on any atom is -0.485 e. The van der Waals surface area contributed by atoms with E-state index in [1.54, 1.807) is 0 Å². The number of nitrogens with two attached hydrogens (primary N) is 1. The van der Waals surface area contributed by atoms with E-state index in [-0.39, 0.29) is 0 Å². The summed E-state index contributed by atoms with van der Waals surface area (Å²) < 4.78 is 7.61. The van der Waals surface area contributed by atoms with Crippen LogP contribution in [0.2, 0.25) is 0 Å². The summed E-state index contributed by atoms with van der Waals surface area (Å²) in [7, 11) is 0. The molecule has 0 aliphatic carbocycles. The van der Waals surface area contributed by atoms with Gasteiger partial charge in [-0.2, -0.15) is 5.10 Å². The number of nitrogens with zero attached hydrogens (tertiary/aromatic N) is 2. The van der Waals surface area contributed by atoms with Crippen LogP contribution in [0.4, 0.5) is 5.69 Å². The maximum absolute atomic E-state index is 5.86. The van der Waals surface area contributed by atoms with Crippen LogP contribution in [0.5, 0.6) is 5.75 Å². The molecule has 1 heterocycles. The molecule has 4 nitrogen and oxygen atoms in total. The molecule has 0 unspecified atom stereocenters. The van der Waals surface area contributed by atoms with E-state index in [0.717, 1.165) is 11.3 Å². The molecule has 1 aromatic heterocycles. The van der Waals surface area contributed by atoms with Crippen molar-refractivity contribution in [1.82, 2.24) is 9.78 Å². The van der Waals surface area contributed by atoms with Crippen molar-refractivity contribution in [2.75, 3.05) is 5.73 Å². The largest absolute Gasteiger partial charge is 0.485 e. The van der Waals surface area contributed by atoms with Gasteiger partial charge in [0.05, 0.1) is 11.4 Å². The van der Waals surface area contributed by atoms with Crippen molar-refractivity contribution in [3.05, 3.63) is 41.7 Å². The summed E-state index contributed by atoms with van der Waals surface area (Å²) in [4.78, 5) is 0. The highest BCUT2D eigenvalue weighted by atomic mass is 16.5. The Hall–Kier alpha value is -1.97. The predicted molar refractivity (Wildman–Crippen MR) is 72.5 cm³/mol. The normalized spacial score (nSPS) is 10.9. The lowest BCUT2D eigenvalue weighted by Gasteiger charge is -2.08. The van der Waals surface area contributed by atoms with Gasteiger partial charge in [0.15, 0.2) is 0 Å². The minimum atomic E-state index is 0.364. The van der Waals surface area contributed by atoms with Crippen LogP contribution in [-0.4, -0.2) is 9.78 Å². The molecule has 2 rings (SSSR count). The number of aryl methyl sites for hydroxylation is 1. The van der Waals surface area contributed by atoms with E-state index in [2.05, 4.69) is 18.9 Å². The lowest BCUT2D eigenvalue weighted by atomic mass is 10.2. The zero-order valence-corrected chi connectivity index (χ0v) is 11.1. The molecule has 0 bridgehead atoms. The zero-order valence-electron chi connectivity index (χ0n) is 11.1. The number of ether oxygens (including phenoxy) is 1. The number of nitrogen functional groups attached to an aromatic ring is 1. The van der Waals surface area contributed by atoms with E-state index >= 15 is 0 Å². The molecule has 0 aliphatic rings. The van der Waals surface area contributed by atoms with Gasteiger partial charge in [-0.3, -0.25) is 4.68 Å². The van der Waals surface area contributed by atoms with E-state index < -0.39 is 0 Å². The topological polar surface area (TPSA) is 53.1 Å². The van der Waals surface area contributed by atoms with Gasteiger partial charge in [-0.15, -0.1) is 0 Å². The number of rotatable bonds is 4. The Bertz CT molecular complexity index is 532. The summed E-state index contributed by atoms with van der Waals surface area (Å²) >= 11 is 0. The van der Waals surface area contributed by atoms with Crippen LogP contribution in [0.3, 0.4) is 0 Å². The van der Waals surface area contributed by atoms with Gasteiger partial charge in [-0.05, 0) is 44.5 Å². The van der Waals surface area contributed by atoms with Crippen LogP contribution in [0.25, 0.3) is 0 Å². The molecule has 96 valence electrons. The van der Waals surface area contributed by atoms with Crippen LogP contribution < -0.4 is 10.5 Å². The van der Waals surface area contributed by atoms with Crippen LogP contribution in [0, 0.1) is 6.92 Å². The lowest BCUT2D eigenvalue weighted by molar-refractivity contribution is 0.300. The number of benzene rings is 1. The van der Waals surface area contributed by atoms with E-state index in [9.17, 15) is 0 Å². The Morgan fingerprint density at radius 2 is 2.11 bits per heavy atom. The Labute approximate surface area is 107 Å². The second-order valence-corrected chi connectivity index (χ2v) is 4.71. The summed E-state index contributed by atoms with van der Waals surface area (Å²) in [6, 6.07) is 8.09. The van der Waals surface area contributed by atoms with Gasteiger partial charge in [0, 0.05) is 12.2 Å². The summed E-state index contributed by atoms with van der Waals surface area (Å²) in [6.07, 6.45) is 1.96. The summed E-state index contributed by atoms with van der Waals surface area (Å²) in [6.45, 7) is 6.64. The van der Waals surface area contributed by atoms with Crippen LogP contribution >= 0.6 is 0 Å². The molecular weight excluding hydrogens is 226 g/mol. The molecule has 4 heteroatoms.